The van der Waals surface area contributed by atoms with Gasteiger partial charge in [0.05, 0.1) is 18.1 Å². The van der Waals surface area contributed by atoms with Gasteiger partial charge in [0.1, 0.15) is 6.54 Å². The second kappa shape index (κ2) is 8.04. The molecule has 0 saturated carbocycles. The van der Waals surface area contributed by atoms with Gasteiger partial charge in [-0.25, -0.2) is 4.68 Å². The SMILES string of the molecule is Cc1cccc(C)c1NC(=O)CN(C)C(=O)Cn1ncc2ccccc2c1=O. The van der Waals surface area contributed by atoms with Gasteiger partial charge >= 0.3 is 0 Å². The van der Waals surface area contributed by atoms with E-state index in [4.69, 9.17) is 0 Å². The maximum absolute atomic E-state index is 12.5. The van der Waals surface area contributed by atoms with Gasteiger partial charge in [0, 0.05) is 18.1 Å². The van der Waals surface area contributed by atoms with Crippen molar-refractivity contribution in [3.8, 4) is 0 Å². The number of anilines is 1. The molecule has 0 spiro atoms. The molecule has 0 aliphatic heterocycles. The summed E-state index contributed by atoms with van der Waals surface area (Å²) >= 11 is 0. The lowest BCUT2D eigenvalue weighted by Gasteiger charge is -2.18. The van der Waals surface area contributed by atoms with Gasteiger partial charge in [0.15, 0.2) is 0 Å². The number of nitrogens with zero attached hydrogens (tertiary/aromatic N) is 3. The normalized spacial score (nSPS) is 10.7. The summed E-state index contributed by atoms with van der Waals surface area (Å²) < 4.78 is 1.12. The molecule has 2 aromatic carbocycles. The monoisotopic (exact) mass is 378 g/mol. The van der Waals surface area contributed by atoms with E-state index in [1.807, 2.05) is 38.1 Å². The molecule has 0 unspecified atom stereocenters. The number of nitrogens with one attached hydrogen (secondary N) is 1. The number of carbonyl (C=O) groups is 2. The van der Waals surface area contributed by atoms with Crippen molar-refractivity contribution in [1.82, 2.24) is 14.7 Å². The van der Waals surface area contributed by atoms with E-state index in [1.165, 1.54) is 11.9 Å². The van der Waals surface area contributed by atoms with E-state index in [-0.39, 0.29) is 30.5 Å². The van der Waals surface area contributed by atoms with E-state index in [0.717, 1.165) is 26.9 Å². The maximum atomic E-state index is 12.5. The number of carbonyl (C=O) groups excluding carboxylic acids is 2. The Balaban J connectivity index is 1.67. The van der Waals surface area contributed by atoms with Crippen LogP contribution in [0.3, 0.4) is 0 Å². The number of likely N-dealkylation sites (N-methyl/N-ethyl adjacent to an activating group) is 1. The molecule has 3 aromatic rings. The van der Waals surface area contributed by atoms with Gasteiger partial charge in [-0.1, -0.05) is 36.4 Å². The molecule has 1 heterocycles. The van der Waals surface area contributed by atoms with Crippen molar-refractivity contribution in [3.05, 3.63) is 70.1 Å². The van der Waals surface area contributed by atoms with Crippen molar-refractivity contribution >= 4 is 28.3 Å². The lowest BCUT2D eigenvalue weighted by Crippen LogP contribution is -2.39. The van der Waals surface area contributed by atoms with Gasteiger partial charge in [-0.15, -0.1) is 0 Å². The first-order valence-corrected chi connectivity index (χ1v) is 8.91. The first kappa shape index (κ1) is 19.3. The summed E-state index contributed by atoms with van der Waals surface area (Å²) in [6.45, 7) is 3.48. The largest absolute Gasteiger partial charge is 0.335 e. The molecule has 1 N–H and O–H groups in total. The second-order valence-electron chi connectivity index (χ2n) is 6.76. The Labute approximate surface area is 162 Å². The van der Waals surface area contributed by atoms with E-state index in [0.29, 0.717) is 5.39 Å². The molecule has 3 rings (SSSR count). The molecule has 7 nitrogen and oxygen atoms in total. The number of hydrogen-bond acceptors (Lipinski definition) is 4. The van der Waals surface area contributed by atoms with Gasteiger partial charge in [0.25, 0.3) is 5.56 Å². The van der Waals surface area contributed by atoms with Crippen molar-refractivity contribution in [2.75, 3.05) is 18.9 Å². The molecule has 0 aliphatic rings. The van der Waals surface area contributed by atoms with Gasteiger partial charge < -0.3 is 10.2 Å². The van der Waals surface area contributed by atoms with Crippen LogP contribution in [-0.4, -0.2) is 40.1 Å². The van der Waals surface area contributed by atoms with Crippen LogP contribution in [0, 0.1) is 13.8 Å². The first-order valence-electron chi connectivity index (χ1n) is 8.91. The van der Waals surface area contributed by atoms with Crippen LogP contribution in [0.25, 0.3) is 10.8 Å². The number of para-hydroxylation sites is 1. The Morgan fingerprint density at radius 1 is 1.07 bits per heavy atom. The van der Waals surface area contributed by atoms with Crippen molar-refractivity contribution < 1.29 is 9.59 Å². The summed E-state index contributed by atoms with van der Waals surface area (Å²) in [6, 6.07) is 12.8. The van der Waals surface area contributed by atoms with Gasteiger partial charge in [-0.2, -0.15) is 5.10 Å². The minimum absolute atomic E-state index is 0.116. The smallest absolute Gasteiger partial charge is 0.275 e. The van der Waals surface area contributed by atoms with Gasteiger partial charge in [0.2, 0.25) is 11.8 Å². The number of hydrogen-bond donors (Lipinski definition) is 1. The van der Waals surface area contributed by atoms with Crippen LogP contribution in [0.4, 0.5) is 5.69 Å². The molecule has 0 aliphatic carbocycles. The number of rotatable bonds is 5. The standard InChI is InChI=1S/C21H22N4O3/c1-14-7-6-8-15(2)20(14)23-18(26)12-24(3)19(27)13-25-21(28)17-10-5-4-9-16(17)11-22-25/h4-11H,12-13H2,1-3H3,(H,23,26). The highest BCUT2D eigenvalue weighted by Gasteiger charge is 2.16. The van der Waals surface area contributed by atoms with Crippen molar-refractivity contribution in [3.63, 3.8) is 0 Å². The average molecular weight is 378 g/mol. The van der Waals surface area contributed by atoms with Crippen molar-refractivity contribution in [1.29, 1.82) is 0 Å². The third kappa shape index (κ3) is 4.09. The average Bonchev–Trinajstić information content (AvgIpc) is 2.67. The first-order chi connectivity index (χ1) is 13.4. The van der Waals surface area contributed by atoms with E-state index >= 15 is 0 Å². The molecule has 144 valence electrons. The molecule has 0 atom stereocenters. The molecule has 0 radical (unpaired) electrons. The highest BCUT2D eigenvalue weighted by atomic mass is 16.2. The predicted molar refractivity (Wildman–Crippen MR) is 108 cm³/mol. The molecule has 0 fully saturated rings. The van der Waals surface area contributed by atoms with Crippen LogP contribution < -0.4 is 10.9 Å². The van der Waals surface area contributed by atoms with Gasteiger partial charge in [-0.3, -0.25) is 14.4 Å². The highest BCUT2D eigenvalue weighted by molar-refractivity contribution is 5.95. The Kier molecular flexibility index (Phi) is 5.54. The number of benzene rings is 2. The lowest BCUT2D eigenvalue weighted by atomic mass is 10.1. The topological polar surface area (TPSA) is 84.3 Å². The minimum Gasteiger partial charge on any atom is -0.335 e. The van der Waals surface area contributed by atoms with Crippen LogP contribution >= 0.6 is 0 Å². The summed E-state index contributed by atoms with van der Waals surface area (Å²) in [7, 11) is 1.53. The Bertz CT molecular complexity index is 1080. The minimum atomic E-state index is -0.374. The van der Waals surface area contributed by atoms with E-state index in [1.54, 1.807) is 24.4 Å². The number of aryl methyl sites for hydroxylation is 2. The summed E-state index contributed by atoms with van der Waals surface area (Å²) in [5.41, 5.74) is 2.32. The number of amides is 2. The summed E-state index contributed by atoms with van der Waals surface area (Å²) in [5.74, 6) is -0.673. The zero-order chi connectivity index (χ0) is 20.3. The zero-order valence-electron chi connectivity index (χ0n) is 16.1. The Morgan fingerprint density at radius 3 is 2.46 bits per heavy atom. The van der Waals surface area contributed by atoms with Crippen LogP contribution in [0.5, 0.6) is 0 Å². The van der Waals surface area contributed by atoms with E-state index in [9.17, 15) is 14.4 Å². The fraction of sp³-hybridized carbons (Fsp3) is 0.238. The molecule has 28 heavy (non-hydrogen) atoms. The fourth-order valence-corrected chi connectivity index (χ4v) is 2.98. The number of fused-ring (bicyclic) bond motifs is 1. The van der Waals surface area contributed by atoms with Crippen LogP contribution in [0.2, 0.25) is 0 Å². The molecule has 2 amide bonds. The molecule has 1 aromatic heterocycles. The van der Waals surface area contributed by atoms with Crippen molar-refractivity contribution in [2.24, 2.45) is 0 Å². The predicted octanol–water partition coefficient (Wildman–Crippen LogP) is 2.11. The fourth-order valence-electron chi connectivity index (χ4n) is 2.98. The molecule has 0 saturated heterocycles. The van der Waals surface area contributed by atoms with E-state index in [2.05, 4.69) is 10.4 Å². The third-order valence-corrected chi connectivity index (χ3v) is 4.60. The quantitative estimate of drug-likeness (QED) is 0.737. The lowest BCUT2D eigenvalue weighted by molar-refractivity contribution is -0.134. The molecular weight excluding hydrogens is 356 g/mol. The molecular formula is C21H22N4O3. The zero-order valence-corrected chi connectivity index (χ0v) is 16.1. The molecule has 7 heteroatoms. The Morgan fingerprint density at radius 2 is 1.75 bits per heavy atom. The molecule has 0 bridgehead atoms. The summed E-state index contributed by atoms with van der Waals surface area (Å²) in [5, 5.41) is 8.12. The number of aromatic nitrogens is 2. The maximum Gasteiger partial charge on any atom is 0.275 e. The highest BCUT2D eigenvalue weighted by Crippen LogP contribution is 2.19. The Hall–Kier alpha value is -3.48. The van der Waals surface area contributed by atoms with Crippen molar-refractivity contribution in [2.45, 2.75) is 20.4 Å². The summed E-state index contributed by atoms with van der Waals surface area (Å²) in [4.78, 5) is 38.6. The summed E-state index contributed by atoms with van der Waals surface area (Å²) in [6.07, 6.45) is 1.55. The van der Waals surface area contributed by atoms with Crippen LogP contribution in [0.15, 0.2) is 53.5 Å². The van der Waals surface area contributed by atoms with Crippen LogP contribution in [0.1, 0.15) is 11.1 Å². The second-order valence-corrected chi connectivity index (χ2v) is 6.76. The van der Waals surface area contributed by atoms with E-state index < -0.39 is 0 Å². The third-order valence-electron chi connectivity index (χ3n) is 4.60. The van der Waals surface area contributed by atoms with Crippen LogP contribution in [-0.2, 0) is 16.1 Å². The van der Waals surface area contributed by atoms with Gasteiger partial charge in [-0.05, 0) is 31.0 Å².